The molecular weight excluding hydrogens is 380 g/mol. The van der Waals surface area contributed by atoms with Crippen molar-refractivity contribution >= 4 is 5.97 Å². The average Bonchev–Trinajstić information content (AvgIpc) is 2.79. The summed E-state index contributed by atoms with van der Waals surface area (Å²) in [6.07, 6.45) is 16.2. The van der Waals surface area contributed by atoms with Crippen molar-refractivity contribution in [2.45, 2.75) is 152 Å². The first-order chi connectivity index (χ1) is 14.6. The zero-order valence-corrected chi connectivity index (χ0v) is 22.9. The van der Waals surface area contributed by atoms with E-state index in [-0.39, 0.29) is 11.3 Å². The first-order valence-corrected chi connectivity index (χ1v) is 13.9. The summed E-state index contributed by atoms with van der Waals surface area (Å²) < 4.78 is 0. The van der Waals surface area contributed by atoms with E-state index in [1.165, 1.54) is 77.0 Å². The van der Waals surface area contributed by atoms with Crippen molar-refractivity contribution in [2.75, 3.05) is 0 Å². The van der Waals surface area contributed by atoms with E-state index in [1.54, 1.807) is 0 Å². The van der Waals surface area contributed by atoms with Gasteiger partial charge in [0.1, 0.15) is 0 Å². The standard InChI is InChI=1S/C29H58O2/c1-10-19-24(11-2)20-29(21-25(12-3)26(30)31,22-27(13-4,14-5)15-6)23-28(16-7,17-8)18-9/h24-25H,10-23H2,1-9H3,(H,30,31). The minimum atomic E-state index is -0.583. The predicted molar refractivity (Wildman–Crippen MR) is 138 cm³/mol. The third-order valence-electron chi connectivity index (χ3n) is 9.52. The maximum Gasteiger partial charge on any atom is 0.306 e. The minimum Gasteiger partial charge on any atom is -0.481 e. The summed E-state index contributed by atoms with van der Waals surface area (Å²) in [5.74, 6) is -0.0888. The number of hydrogen-bond acceptors (Lipinski definition) is 1. The van der Waals surface area contributed by atoms with E-state index < -0.39 is 5.97 Å². The Labute approximate surface area is 196 Å². The molecule has 2 unspecified atom stereocenters. The number of hydrogen-bond donors (Lipinski definition) is 1. The van der Waals surface area contributed by atoms with Gasteiger partial charge in [-0.15, -0.1) is 0 Å². The largest absolute Gasteiger partial charge is 0.481 e. The van der Waals surface area contributed by atoms with Crippen LogP contribution in [0.25, 0.3) is 0 Å². The van der Waals surface area contributed by atoms with Gasteiger partial charge in [0, 0.05) is 0 Å². The lowest BCUT2D eigenvalue weighted by atomic mass is 9.55. The van der Waals surface area contributed by atoms with Crippen LogP contribution in [0.4, 0.5) is 0 Å². The summed E-state index contributed by atoms with van der Waals surface area (Å²) in [7, 11) is 0. The summed E-state index contributed by atoms with van der Waals surface area (Å²) in [6, 6.07) is 0. The third-order valence-corrected chi connectivity index (χ3v) is 9.52. The van der Waals surface area contributed by atoms with E-state index in [4.69, 9.17) is 0 Å². The fourth-order valence-electron chi connectivity index (χ4n) is 6.68. The van der Waals surface area contributed by atoms with Crippen molar-refractivity contribution in [3.63, 3.8) is 0 Å². The van der Waals surface area contributed by atoms with Gasteiger partial charge < -0.3 is 5.11 Å². The second-order valence-corrected chi connectivity index (χ2v) is 10.9. The molecule has 0 amide bonds. The minimum absolute atomic E-state index is 0.124. The SMILES string of the molecule is CCCC(CC)CC(CC(CC)C(=O)O)(CC(CC)(CC)CC)CC(CC)(CC)CC. The van der Waals surface area contributed by atoms with Crippen LogP contribution in [0.3, 0.4) is 0 Å². The first kappa shape index (κ1) is 30.5. The zero-order valence-electron chi connectivity index (χ0n) is 22.9. The highest BCUT2D eigenvalue weighted by Crippen LogP contribution is 2.56. The van der Waals surface area contributed by atoms with Gasteiger partial charge in [0.05, 0.1) is 5.92 Å². The van der Waals surface area contributed by atoms with Gasteiger partial charge in [0.25, 0.3) is 0 Å². The van der Waals surface area contributed by atoms with Gasteiger partial charge in [-0.2, -0.15) is 0 Å². The molecule has 0 rings (SSSR count). The summed E-state index contributed by atoms with van der Waals surface area (Å²) in [5.41, 5.74) is 0.795. The maximum absolute atomic E-state index is 12.2. The molecular formula is C29H58O2. The molecule has 0 aliphatic carbocycles. The van der Waals surface area contributed by atoms with Crippen molar-refractivity contribution in [3.05, 3.63) is 0 Å². The highest BCUT2D eigenvalue weighted by molar-refractivity contribution is 5.69. The molecule has 0 spiro atoms. The smallest absolute Gasteiger partial charge is 0.306 e. The van der Waals surface area contributed by atoms with Crippen molar-refractivity contribution in [3.8, 4) is 0 Å². The summed E-state index contributed by atoms with van der Waals surface area (Å²) in [4.78, 5) is 12.2. The molecule has 0 aromatic rings. The molecule has 0 aromatic carbocycles. The molecule has 0 aliphatic heterocycles. The average molecular weight is 439 g/mol. The molecule has 0 heterocycles. The summed E-state index contributed by atoms with van der Waals surface area (Å²) in [6.45, 7) is 20.9. The van der Waals surface area contributed by atoms with Crippen molar-refractivity contribution in [2.24, 2.45) is 28.1 Å². The van der Waals surface area contributed by atoms with Crippen molar-refractivity contribution in [1.82, 2.24) is 0 Å². The third kappa shape index (κ3) is 8.73. The van der Waals surface area contributed by atoms with Gasteiger partial charge >= 0.3 is 5.97 Å². The van der Waals surface area contributed by atoms with Crippen LogP contribution in [-0.4, -0.2) is 11.1 Å². The Hall–Kier alpha value is -0.530. The lowest BCUT2D eigenvalue weighted by Gasteiger charge is -2.50. The Morgan fingerprint density at radius 1 is 0.645 bits per heavy atom. The van der Waals surface area contributed by atoms with Crippen molar-refractivity contribution in [1.29, 1.82) is 0 Å². The molecule has 0 bridgehead atoms. The fourth-order valence-corrected chi connectivity index (χ4v) is 6.68. The summed E-state index contributed by atoms with van der Waals surface area (Å²) >= 11 is 0. The van der Waals surface area contributed by atoms with E-state index in [0.717, 1.165) is 12.8 Å². The molecule has 1 N–H and O–H groups in total. The Morgan fingerprint density at radius 3 is 1.32 bits per heavy atom. The maximum atomic E-state index is 12.2. The highest BCUT2D eigenvalue weighted by Gasteiger charge is 2.45. The predicted octanol–water partition coefficient (Wildman–Crippen LogP) is 9.90. The fraction of sp³-hybridized carbons (Fsp3) is 0.966. The molecule has 31 heavy (non-hydrogen) atoms. The van der Waals surface area contributed by atoms with E-state index in [0.29, 0.717) is 16.7 Å². The molecule has 186 valence electrons. The van der Waals surface area contributed by atoms with Gasteiger partial charge in [-0.05, 0) is 54.3 Å². The number of aliphatic carboxylic acids is 1. The first-order valence-electron chi connectivity index (χ1n) is 13.9. The Kier molecular flexibility index (Phi) is 14.3. The Bertz CT molecular complexity index is 435. The Morgan fingerprint density at radius 2 is 1.06 bits per heavy atom. The highest BCUT2D eigenvalue weighted by atomic mass is 16.4. The lowest BCUT2D eigenvalue weighted by molar-refractivity contribution is -0.144. The van der Waals surface area contributed by atoms with Crippen LogP contribution in [0.5, 0.6) is 0 Å². The molecule has 0 aromatic heterocycles. The number of carbonyl (C=O) groups is 1. The molecule has 0 saturated carbocycles. The second kappa shape index (κ2) is 14.6. The number of carboxylic acids is 1. The Balaban J connectivity index is 6.63. The van der Waals surface area contributed by atoms with Gasteiger partial charge in [0.2, 0.25) is 0 Å². The van der Waals surface area contributed by atoms with Gasteiger partial charge in [0.15, 0.2) is 0 Å². The molecule has 0 fully saturated rings. The molecule has 2 heteroatoms. The van der Waals surface area contributed by atoms with Crippen molar-refractivity contribution < 1.29 is 9.90 Å². The molecule has 0 saturated heterocycles. The number of carboxylic acid groups (broad SMARTS) is 1. The van der Waals surface area contributed by atoms with Crippen LogP contribution < -0.4 is 0 Å². The van der Waals surface area contributed by atoms with Crippen LogP contribution in [0.2, 0.25) is 0 Å². The lowest BCUT2D eigenvalue weighted by Crippen LogP contribution is -2.40. The molecule has 0 aliphatic rings. The van der Waals surface area contributed by atoms with Crippen LogP contribution in [0.15, 0.2) is 0 Å². The van der Waals surface area contributed by atoms with Crippen LogP contribution in [0, 0.1) is 28.1 Å². The van der Waals surface area contributed by atoms with E-state index >= 15 is 0 Å². The van der Waals surface area contributed by atoms with E-state index in [2.05, 4.69) is 62.3 Å². The normalized spacial score (nSPS) is 15.1. The van der Waals surface area contributed by atoms with Crippen LogP contribution >= 0.6 is 0 Å². The second-order valence-electron chi connectivity index (χ2n) is 10.9. The molecule has 0 radical (unpaired) electrons. The van der Waals surface area contributed by atoms with Crippen LogP contribution in [0.1, 0.15) is 152 Å². The molecule has 2 nitrogen and oxygen atoms in total. The topological polar surface area (TPSA) is 37.3 Å². The quantitative estimate of drug-likeness (QED) is 0.218. The summed E-state index contributed by atoms with van der Waals surface area (Å²) in [5, 5.41) is 10.1. The number of rotatable bonds is 19. The van der Waals surface area contributed by atoms with Gasteiger partial charge in [-0.3, -0.25) is 4.79 Å². The van der Waals surface area contributed by atoms with E-state index in [9.17, 15) is 9.90 Å². The van der Waals surface area contributed by atoms with Gasteiger partial charge in [-0.1, -0.05) is 120 Å². The van der Waals surface area contributed by atoms with Crippen LogP contribution in [-0.2, 0) is 4.79 Å². The van der Waals surface area contributed by atoms with Gasteiger partial charge in [-0.25, -0.2) is 0 Å². The zero-order chi connectivity index (χ0) is 24.1. The molecule has 2 atom stereocenters. The van der Waals surface area contributed by atoms with E-state index in [1.807, 2.05) is 0 Å². The monoisotopic (exact) mass is 438 g/mol.